The number of para-hydroxylation sites is 4. The fourth-order valence-corrected chi connectivity index (χ4v) is 4.00. The molecular formula is C21H23N3O2. The molecule has 134 valence electrons. The average Bonchev–Trinajstić information content (AvgIpc) is 3.13. The van der Waals surface area contributed by atoms with Crippen molar-refractivity contribution >= 4 is 11.0 Å². The van der Waals surface area contributed by atoms with E-state index in [0.29, 0.717) is 12.5 Å². The third kappa shape index (κ3) is 3.03. The van der Waals surface area contributed by atoms with Crippen LogP contribution in [0.5, 0.6) is 11.5 Å². The van der Waals surface area contributed by atoms with Crippen LogP contribution < -0.4 is 9.47 Å². The number of imidazole rings is 1. The summed E-state index contributed by atoms with van der Waals surface area (Å²) < 4.78 is 11.9. The first-order valence-corrected chi connectivity index (χ1v) is 9.40. The first-order valence-electron chi connectivity index (χ1n) is 9.40. The molecule has 2 aromatic carbocycles. The van der Waals surface area contributed by atoms with Gasteiger partial charge >= 0.3 is 0 Å². The number of aromatic amines is 1. The van der Waals surface area contributed by atoms with Crippen LogP contribution in [0.15, 0.2) is 48.5 Å². The highest BCUT2D eigenvalue weighted by Gasteiger charge is 2.27. The van der Waals surface area contributed by atoms with Crippen LogP contribution in [0.25, 0.3) is 11.0 Å². The Balaban J connectivity index is 1.19. The molecule has 0 saturated carbocycles. The summed E-state index contributed by atoms with van der Waals surface area (Å²) in [5, 5.41) is 0. The summed E-state index contributed by atoms with van der Waals surface area (Å²) in [7, 11) is 0. The average molecular weight is 349 g/mol. The molecule has 5 rings (SSSR count). The van der Waals surface area contributed by atoms with Gasteiger partial charge in [-0.05, 0) is 50.2 Å². The molecule has 5 heteroatoms. The van der Waals surface area contributed by atoms with Crippen molar-refractivity contribution in [3.63, 3.8) is 0 Å². The fourth-order valence-electron chi connectivity index (χ4n) is 4.00. The molecule has 26 heavy (non-hydrogen) atoms. The lowest BCUT2D eigenvalue weighted by Crippen LogP contribution is -2.44. The van der Waals surface area contributed by atoms with Crippen molar-refractivity contribution in [2.45, 2.75) is 24.9 Å². The van der Waals surface area contributed by atoms with E-state index in [-0.39, 0.29) is 6.10 Å². The topological polar surface area (TPSA) is 50.4 Å². The monoisotopic (exact) mass is 349 g/mol. The third-order valence-corrected chi connectivity index (χ3v) is 5.41. The molecule has 0 amide bonds. The molecule has 1 saturated heterocycles. The number of likely N-dealkylation sites (tertiary alicyclic amines) is 1. The van der Waals surface area contributed by atoms with E-state index in [9.17, 15) is 0 Å². The van der Waals surface area contributed by atoms with Crippen LogP contribution in [0, 0.1) is 0 Å². The Hall–Kier alpha value is -2.53. The highest BCUT2D eigenvalue weighted by molar-refractivity contribution is 5.74. The van der Waals surface area contributed by atoms with Gasteiger partial charge in [0.25, 0.3) is 0 Å². The van der Waals surface area contributed by atoms with Gasteiger partial charge < -0.3 is 14.5 Å². The number of rotatable bonds is 3. The van der Waals surface area contributed by atoms with E-state index in [2.05, 4.69) is 28.1 Å². The normalized spacial score (nSPS) is 21.2. The van der Waals surface area contributed by atoms with E-state index >= 15 is 0 Å². The minimum Gasteiger partial charge on any atom is -0.486 e. The second-order valence-corrected chi connectivity index (χ2v) is 7.21. The minimum atomic E-state index is 0.104. The van der Waals surface area contributed by atoms with Gasteiger partial charge in [-0.1, -0.05) is 24.3 Å². The molecule has 1 fully saturated rings. The van der Waals surface area contributed by atoms with Gasteiger partial charge in [0.05, 0.1) is 11.0 Å². The molecule has 0 bridgehead atoms. The van der Waals surface area contributed by atoms with Crippen LogP contribution in [0.4, 0.5) is 0 Å². The van der Waals surface area contributed by atoms with Crippen LogP contribution in [-0.4, -0.2) is 47.2 Å². The predicted molar refractivity (Wildman–Crippen MR) is 101 cm³/mol. The molecule has 5 nitrogen and oxygen atoms in total. The molecular weight excluding hydrogens is 326 g/mol. The van der Waals surface area contributed by atoms with Crippen LogP contribution in [-0.2, 0) is 0 Å². The summed E-state index contributed by atoms with van der Waals surface area (Å²) in [6.45, 7) is 3.69. The Morgan fingerprint density at radius 1 is 1.00 bits per heavy atom. The lowest BCUT2D eigenvalue weighted by Gasteiger charge is -2.35. The lowest BCUT2D eigenvalue weighted by molar-refractivity contribution is 0.0511. The largest absolute Gasteiger partial charge is 0.486 e. The van der Waals surface area contributed by atoms with Crippen LogP contribution in [0.3, 0.4) is 0 Å². The molecule has 1 atom stereocenters. The van der Waals surface area contributed by atoms with Gasteiger partial charge in [0, 0.05) is 12.5 Å². The maximum atomic E-state index is 6.10. The number of piperidine rings is 1. The number of nitrogens with one attached hydrogen (secondary N) is 1. The van der Waals surface area contributed by atoms with E-state index in [0.717, 1.165) is 60.8 Å². The molecule has 2 aliphatic heterocycles. The SMILES string of the molecule is c1ccc2c(c1)OC[C@@H](CN1CCC(c3nc4ccccc4[nH]3)CC1)O2. The van der Waals surface area contributed by atoms with E-state index in [1.54, 1.807) is 0 Å². The number of benzene rings is 2. The quantitative estimate of drug-likeness (QED) is 0.785. The second-order valence-electron chi connectivity index (χ2n) is 7.21. The molecule has 0 aliphatic carbocycles. The zero-order valence-corrected chi connectivity index (χ0v) is 14.7. The van der Waals surface area contributed by atoms with Crippen molar-refractivity contribution in [2.24, 2.45) is 0 Å². The van der Waals surface area contributed by atoms with Crippen molar-refractivity contribution in [2.75, 3.05) is 26.2 Å². The predicted octanol–water partition coefficient (Wildman–Crippen LogP) is 3.58. The molecule has 3 aromatic rings. The number of aromatic nitrogens is 2. The Morgan fingerprint density at radius 3 is 2.62 bits per heavy atom. The second kappa shape index (κ2) is 6.65. The summed E-state index contributed by atoms with van der Waals surface area (Å²) in [4.78, 5) is 10.8. The van der Waals surface area contributed by atoms with Crippen molar-refractivity contribution in [1.29, 1.82) is 0 Å². The van der Waals surface area contributed by atoms with Gasteiger partial charge in [-0.25, -0.2) is 4.98 Å². The Bertz CT molecular complexity index is 866. The highest BCUT2D eigenvalue weighted by atomic mass is 16.6. The van der Waals surface area contributed by atoms with Crippen molar-refractivity contribution < 1.29 is 9.47 Å². The number of H-pyrrole nitrogens is 1. The van der Waals surface area contributed by atoms with E-state index in [4.69, 9.17) is 14.5 Å². The Kier molecular flexibility index (Phi) is 4.02. The van der Waals surface area contributed by atoms with Crippen molar-refractivity contribution in [3.8, 4) is 11.5 Å². The summed E-state index contributed by atoms with van der Waals surface area (Å²) in [5.74, 6) is 3.37. The fraction of sp³-hybridized carbons (Fsp3) is 0.381. The third-order valence-electron chi connectivity index (χ3n) is 5.41. The van der Waals surface area contributed by atoms with Gasteiger partial charge in [-0.15, -0.1) is 0 Å². The van der Waals surface area contributed by atoms with E-state index in [1.807, 2.05) is 30.3 Å². The van der Waals surface area contributed by atoms with Gasteiger partial charge in [-0.2, -0.15) is 0 Å². The smallest absolute Gasteiger partial charge is 0.161 e. The van der Waals surface area contributed by atoms with Gasteiger partial charge in [0.15, 0.2) is 11.5 Å². The number of ether oxygens (including phenoxy) is 2. The number of hydrogen-bond acceptors (Lipinski definition) is 4. The Morgan fingerprint density at radius 2 is 1.77 bits per heavy atom. The molecule has 0 radical (unpaired) electrons. The molecule has 0 unspecified atom stereocenters. The van der Waals surface area contributed by atoms with Crippen LogP contribution >= 0.6 is 0 Å². The lowest BCUT2D eigenvalue weighted by atomic mass is 9.96. The summed E-state index contributed by atoms with van der Waals surface area (Å²) >= 11 is 0. The number of hydrogen-bond donors (Lipinski definition) is 1. The zero-order valence-electron chi connectivity index (χ0n) is 14.7. The first-order chi connectivity index (χ1) is 12.8. The van der Waals surface area contributed by atoms with E-state index in [1.165, 1.54) is 0 Å². The first kappa shape index (κ1) is 15.7. The summed E-state index contributed by atoms with van der Waals surface area (Å²) in [6, 6.07) is 16.2. The molecule has 1 aromatic heterocycles. The molecule has 3 heterocycles. The van der Waals surface area contributed by atoms with Crippen molar-refractivity contribution in [1.82, 2.24) is 14.9 Å². The summed E-state index contributed by atoms with van der Waals surface area (Å²) in [5.41, 5.74) is 2.20. The molecule has 0 spiro atoms. The van der Waals surface area contributed by atoms with Crippen LogP contribution in [0.2, 0.25) is 0 Å². The zero-order chi connectivity index (χ0) is 17.3. The maximum Gasteiger partial charge on any atom is 0.161 e. The van der Waals surface area contributed by atoms with Gasteiger partial charge in [0.2, 0.25) is 0 Å². The maximum absolute atomic E-state index is 6.10. The highest BCUT2D eigenvalue weighted by Crippen LogP contribution is 2.32. The van der Waals surface area contributed by atoms with E-state index < -0.39 is 0 Å². The standard InChI is InChI=1S/C21H23N3O2/c1-2-6-18-17(5-1)22-21(23-18)15-9-11-24(12-10-15)13-16-14-25-19-7-3-4-8-20(19)26-16/h1-8,15-16H,9-14H2,(H,22,23)/t16-/m1/s1. The van der Waals surface area contributed by atoms with Gasteiger partial charge in [0.1, 0.15) is 18.5 Å². The van der Waals surface area contributed by atoms with Gasteiger partial charge in [-0.3, -0.25) is 4.90 Å². The molecule has 1 N–H and O–H groups in total. The Labute approximate surface area is 152 Å². The summed E-state index contributed by atoms with van der Waals surface area (Å²) in [6.07, 6.45) is 2.36. The molecule has 2 aliphatic rings. The van der Waals surface area contributed by atoms with Crippen LogP contribution in [0.1, 0.15) is 24.6 Å². The number of fused-ring (bicyclic) bond motifs is 2. The number of nitrogens with zero attached hydrogens (tertiary/aromatic N) is 2. The minimum absolute atomic E-state index is 0.104. The van der Waals surface area contributed by atoms with Crippen molar-refractivity contribution in [3.05, 3.63) is 54.4 Å².